The van der Waals surface area contributed by atoms with Gasteiger partial charge in [0.15, 0.2) is 0 Å². The van der Waals surface area contributed by atoms with Crippen LogP contribution >= 0.6 is 22.7 Å². The van der Waals surface area contributed by atoms with E-state index >= 15 is 0 Å². The van der Waals surface area contributed by atoms with Crippen LogP contribution in [0.25, 0.3) is 21.3 Å². The Kier molecular flexibility index (Phi) is 7.01. The van der Waals surface area contributed by atoms with Crippen LogP contribution in [0.4, 0.5) is 17.1 Å². The van der Waals surface area contributed by atoms with Gasteiger partial charge >= 0.3 is 0 Å². The first kappa shape index (κ1) is 25.8. The summed E-state index contributed by atoms with van der Waals surface area (Å²) in [4.78, 5) is 15.8. The van der Waals surface area contributed by atoms with Gasteiger partial charge in [0.1, 0.15) is 10.0 Å². The molecule has 0 radical (unpaired) electrons. The molecule has 0 aliphatic carbocycles. The number of nitrogens with zero attached hydrogens (tertiary/aromatic N) is 4. The fraction of sp³-hybridized carbons (Fsp3) is 0.290. The summed E-state index contributed by atoms with van der Waals surface area (Å²) in [6.45, 7) is 8.00. The average Bonchev–Trinajstić information content (AvgIpc) is 3.51. The van der Waals surface area contributed by atoms with Gasteiger partial charge in [0, 0.05) is 55.5 Å². The number of rotatable bonds is 7. The second-order valence-corrected chi connectivity index (χ2v) is 12.6. The van der Waals surface area contributed by atoms with Gasteiger partial charge in [-0.05, 0) is 66.4 Å². The Hall–Kier alpha value is -3.46. The van der Waals surface area contributed by atoms with Gasteiger partial charge in [-0.2, -0.15) is 0 Å². The van der Waals surface area contributed by atoms with Crippen LogP contribution < -0.4 is 20.9 Å². The number of nitrogens with two attached hydrogens (primary N) is 1. The van der Waals surface area contributed by atoms with Crippen LogP contribution in [0.2, 0.25) is 0 Å². The van der Waals surface area contributed by atoms with E-state index in [1.54, 1.807) is 11.3 Å². The summed E-state index contributed by atoms with van der Waals surface area (Å²) in [6.07, 6.45) is 1.03. The molecule has 200 valence electrons. The van der Waals surface area contributed by atoms with Crippen LogP contribution in [0.3, 0.4) is 0 Å². The molecule has 39 heavy (non-hydrogen) atoms. The predicted molar refractivity (Wildman–Crippen MR) is 167 cm³/mol. The van der Waals surface area contributed by atoms with Crippen molar-refractivity contribution in [3.8, 4) is 11.1 Å². The van der Waals surface area contributed by atoms with Crippen molar-refractivity contribution in [1.29, 1.82) is 0 Å². The van der Waals surface area contributed by atoms with E-state index in [-0.39, 0.29) is 0 Å². The van der Waals surface area contributed by atoms with Crippen molar-refractivity contribution >= 4 is 50.0 Å². The molecule has 3 aromatic carbocycles. The third-order valence-corrected chi connectivity index (χ3v) is 9.66. The molecule has 0 unspecified atom stereocenters. The van der Waals surface area contributed by atoms with E-state index in [2.05, 4.69) is 79.5 Å². The highest BCUT2D eigenvalue weighted by Gasteiger charge is 2.18. The number of nitrogen functional groups attached to an aromatic ring is 1. The number of nitrogens with one attached hydrogen (secondary N) is 1. The summed E-state index contributed by atoms with van der Waals surface area (Å²) in [5.41, 5.74) is 16.6. The summed E-state index contributed by atoms with van der Waals surface area (Å²) >= 11 is 3.56. The highest BCUT2D eigenvalue weighted by atomic mass is 32.1. The minimum absolute atomic E-state index is 0.749. The fourth-order valence-corrected chi connectivity index (χ4v) is 7.74. The Morgan fingerprint density at radius 1 is 0.846 bits per heavy atom. The van der Waals surface area contributed by atoms with Crippen molar-refractivity contribution in [3.63, 3.8) is 0 Å². The first-order chi connectivity index (χ1) is 18.9. The lowest BCUT2D eigenvalue weighted by molar-refractivity contribution is 0.642. The van der Waals surface area contributed by atoms with Crippen molar-refractivity contribution < 1.29 is 0 Å². The van der Waals surface area contributed by atoms with Gasteiger partial charge in [0.25, 0.3) is 0 Å². The summed E-state index contributed by atoms with van der Waals surface area (Å²) in [5, 5.41) is 5.73. The summed E-state index contributed by atoms with van der Waals surface area (Å²) < 4.78 is 1.13. The van der Waals surface area contributed by atoms with Gasteiger partial charge in [-0.1, -0.05) is 24.3 Å². The second kappa shape index (κ2) is 10.6. The molecule has 8 heteroatoms. The molecule has 0 bridgehead atoms. The highest BCUT2D eigenvalue weighted by molar-refractivity contribution is 7.18. The average molecular weight is 555 g/mol. The molecule has 0 saturated heterocycles. The molecular weight excluding hydrogens is 521 g/mol. The van der Waals surface area contributed by atoms with Crippen LogP contribution in [0.15, 0.2) is 54.6 Å². The summed E-state index contributed by atoms with van der Waals surface area (Å²) in [5.74, 6) is 0. The molecule has 6 rings (SSSR count). The Morgan fingerprint density at radius 3 is 2.13 bits per heavy atom. The molecule has 3 heterocycles. The van der Waals surface area contributed by atoms with E-state index in [1.165, 1.54) is 49.2 Å². The van der Waals surface area contributed by atoms with Crippen molar-refractivity contribution in [3.05, 3.63) is 86.3 Å². The number of fused-ring (bicyclic) bond motifs is 2. The fourth-order valence-electron chi connectivity index (χ4n) is 5.54. The van der Waals surface area contributed by atoms with Gasteiger partial charge in [0.2, 0.25) is 0 Å². The number of hydrogen-bond acceptors (Lipinski definition) is 8. The third kappa shape index (κ3) is 5.12. The van der Waals surface area contributed by atoms with E-state index in [0.29, 0.717) is 0 Å². The maximum absolute atomic E-state index is 5.98. The lowest BCUT2D eigenvalue weighted by atomic mass is 9.94. The monoisotopic (exact) mass is 554 g/mol. The maximum atomic E-state index is 5.98. The Balaban J connectivity index is 1.25. The molecule has 6 nitrogen and oxygen atoms in total. The smallest absolute Gasteiger partial charge is 0.113 e. The number of anilines is 3. The van der Waals surface area contributed by atoms with Gasteiger partial charge in [-0.15, -0.1) is 22.7 Å². The standard InChI is InChI=1S/C31H34N6S2/c1-19-22(7-5-9-26(19)36(3)17-30-34-24-12-11-21(32)15-28(24)38-30)23-8-6-10-27(20(23)2)37(4)18-31-35-25-13-14-33-16-29(25)39-31/h5-12,15,33H,13-14,16-18,32H2,1-4H3. The van der Waals surface area contributed by atoms with Crippen molar-refractivity contribution in [1.82, 2.24) is 15.3 Å². The maximum Gasteiger partial charge on any atom is 0.113 e. The quantitative estimate of drug-likeness (QED) is 0.223. The van der Waals surface area contributed by atoms with Crippen LogP contribution in [0.1, 0.15) is 31.7 Å². The molecule has 0 atom stereocenters. The lowest BCUT2D eigenvalue weighted by Crippen LogP contribution is -2.22. The lowest BCUT2D eigenvalue weighted by Gasteiger charge is -2.25. The minimum atomic E-state index is 0.749. The zero-order valence-electron chi connectivity index (χ0n) is 22.9. The van der Waals surface area contributed by atoms with Crippen LogP contribution in [-0.2, 0) is 26.1 Å². The van der Waals surface area contributed by atoms with Crippen LogP contribution in [0, 0.1) is 13.8 Å². The number of benzene rings is 3. The van der Waals surface area contributed by atoms with E-state index in [1.807, 2.05) is 29.5 Å². The largest absolute Gasteiger partial charge is 0.399 e. The topological polar surface area (TPSA) is 70.3 Å². The zero-order chi connectivity index (χ0) is 27.1. The van der Waals surface area contributed by atoms with Gasteiger partial charge in [0.05, 0.1) is 29.0 Å². The first-order valence-electron chi connectivity index (χ1n) is 13.3. The molecular formula is C31H34N6S2. The SMILES string of the molecule is Cc1c(-c2cccc(N(C)Cc3nc4ccc(N)cc4s3)c2C)cccc1N(C)Cc1nc2c(s1)CNCC2. The van der Waals surface area contributed by atoms with Crippen LogP contribution in [-0.4, -0.2) is 30.6 Å². The molecule has 3 N–H and O–H groups in total. The van der Waals surface area contributed by atoms with Gasteiger partial charge in [-0.3, -0.25) is 0 Å². The molecule has 0 spiro atoms. The second-order valence-electron chi connectivity index (χ2n) is 10.4. The third-order valence-electron chi connectivity index (χ3n) is 7.57. The molecule has 0 fully saturated rings. The summed E-state index contributed by atoms with van der Waals surface area (Å²) in [6, 6.07) is 19.2. The molecule has 0 amide bonds. The number of aromatic nitrogens is 2. The van der Waals surface area contributed by atoms with E-state index in [4.69, 9.17) is 15.7 Å². The van der Waals surface area contributed by atoms with Crippen LogP contribution in [0.5, 0.6) is 0 Å². The first-order valence-corrected chi connectivity index (χ1v) is 15.0. The van der Waals surface area contributed by atoms with E-state index < -0.39 is 0 Å². The Morgan fingerprint density at radius 2 is 1.49 bits per heavy atom. The van der Waals surface area contributed by atoms with Gasteiger partial charge in [-0.25, -0.2) is 9.97 Å². The summed E-state index contributed by atoms with van der Waals surface area (Å²) in [7, 11) is 4.32. The normalized spacial score (nSPS) is 13.0. The van der Waals surface area contributed by atoms with Gasteiger partial charge < -0.3 is 20.9 Å². The van der Waals surface area contributed by atoms with Crippen molar-refractivity contribution in [2.45, 2.75) is 39.9 Å². The number of thiazole rings is 2. The highest BCUT2D eigenvalue weighted by Crippen LogP contribution is 2.37. The zero-order valence-corrected chi connectivity index (χ0v) is 24.5. The minimum Gasteiger partial charge on any atom is -0.399 e. The van der Waals surface area contributed by atoms with E-state index in [9.17, 15) is 0 Å². The molecule has 2 aromatic heterocycles. The Labute approximate surface area is 238 Å². The van der Waals surface area contributed by atoms with Crippen molar-refractivity contribution in [2.75, 3.05) is 36.2 Å². The molecule has 0 saturated carbocycles. The molecule has 1 aliphatic rings. The van der Waals surface area contributed by atoms with E-state index in [0.717, 1.165) is 53.5 Å². The molecule has 1 aliphatic heterocycles. The number of hydrogen-bond donors (Lipinski definition) is 2. The predicted octanol–water partition coefficient (Wildman–Crippen LogP) is 6.54. The molecule has 5 aromatic rings. The Bertz CT molecular complexity index is 1630. The van der Waals surface area contributed by atoms with Crippen molar-refractivity contribution in [2.24, 2.45) is 0 Å².